The van der Waals surface area contributed by atoms with E-state index in [1.165, 1.54) is 23.9 Å². The van der Waals surface area contributed by atoms with Crippen LogP contribution in [0.2, 0.25) is 0 Å². The Balaban J connectivity index is 1.41. The van der Waals surface area contributed by atoms with Crippen molar-refractivity contribution in [3.8, 4) is 0 Å². The maximum Gasteiger partial charge on any atom is 0.357 e. The van der Waals surface area contributed by atoms with E-state index in [-0.39, 0.29) is 28.4 Å². The molecule has 0 aliphatic carbocycles. The Kier molecular flexibility index (Phi) is 8.84. The summed E-state index contributed by atoms with van der Waals surface area (Å²) in [6.07, 6.45) is -2.27. The van der Waals surface area contributed by atoms with Gasteiger partial charge in [0.2, 0.25) is 17.6 Å². The first-order valence-corrected chi connectivity index (χ1v) is 14.4. The molecule has 1 aliphatic rings. The van der Waals surface area contributed by atoms with Crippen molar-refractivity contribution < 1.29 is 38.1 Å². The van der Waals surface area contributed by atoms with Gasteiger partial charge in [-0.05, 0) is 36.4 Å². The van der Waals surface area contributed by atoms with Crippen molar-refractivity contribution in [1.82, 2.24) is 18.9 Å². The largest absolute Gasteiger partial charge is 0.459 e. The molecule has 0 radical (unpaired) electrons. The molecule has 1 fully saturated rings. The Labute approximate surface area is 266 Å². The van der Waals surface area contributed by atoms with E-state index in [0.29, 0.717) is 0 Å². The molecular weight excluding hydrogens is 610 g/mol. The molecule has 14 nitrogen and oxygen atoms in total. The molecule has 3 aromatic carbocycles. The van der Waals surface area contributed by atoms with Gasteiger partial charge in [0.1, 0.15) is 12.7 Å². The van der Waals surface area contributed by atoms with E-state index in [1.54, 1.807) is 91.0 Å². The second-order valence-electron chi connectivity index (χ2n) is 10.4. The quantitative estimate of drug-likeness (QED) is 0.186. The summed E-state index contributed by atoms with van der Waals surface area (Å²) in [6.45, 7) is 0.831. The van der Waals surface area contributed by atoms with Crippen molar-refractivity contribution in [2.45, 2.75) is 31.5 Å². The fourth-order valence-corrected chi connectivity index (χ4v) is 5.01. The summed E-state index contributed by atoms with van der Waals surface area (Å²) in [4.78, 5) is 72.2. The third kappa shape index (κ3) is 6.77. The lowest BCUT2D eigenvalue weighted by molar-refractivity contribution is -0.114. The van der Waals surface area contributed by atoms with Gasteiger partial charge in [-0.3, -0.25) is 14.7 Å². The van der Waals surface area contributed by atoms with Crippen LogP contribution in [0, 0.1) is 0 Å². The maximum atomic E-state index is 13.4. The molecule has 1 saturated heterocycles. The average molecular weight is 638 g/mol. The minimum absolute atomic E-state index is 0.0328. The fourth-order valence-electron chi connectivity index (χ4n) is 5.01. The number of rotatable bonds is 9. The highest BCUT2D eigenvalue weighted by molar-refractivity contribution is 5.91. The lowest BCUT2D eigenvalue weighted by Gasteiger charge is -2.25. The van der Waals surface area contributed by atoms with Crippen LogP contribution in [0.3, 0.4) is 0 Å². The summed E-state index contributed by atoms with van der Waals surface area (Å²) < 4.78 is 26.3. The highest BCUT2D eigenvalue weighted by Crippen LogP contribution is 2.36. The van der Waals surface area contributed by atoms with Crippen LogP contribution < -0.4 is 11.0 Å². The van der Waals surface area contributed by atoms with Crippen LogP contribution >= 0.6 is 0 Å². The van der Waals surface area contributed by atoms with Gasteiger partial charge >= 0.3 is 23.6 Å². The van der Waals surface area contributed by atoms with Crippen LogP contribution in [-0.2, 0) is 23.7 Å². The van der Waals surface area contributed by atoms with Gasteiger partial charge in [0.05, 0.1) is 16.7 Å². The summed E-state index contributed by atoms with van der Waals surface area (Å²) in [6, 6.07) is 24.6. The third-order valence-electron chi connectivity index (χ3n) is 7.18. The topological polar surface area (TPSA) is 169 Å². The number of nitrogens with zero attached hydrogens (tertiary/aromatic N) is 4. The molecule has 1 amide bonds. The number of hydrogen-bond donors (Lipinski definition) is 1. The number of fused-ring (bicyclic) bond motifs is 1. The SMILES string of the molecule is CC(=O)Nc1nc(=O)n2ccn([C@@H]3O[C@H](COC(=O)c4ccccc4)[C@@H](OC(=O)c4ccccc4)[C@H]3OC(=O)c3ccccc3)c2n1. The molecule has 238 valence electrons. The molecule has 14 heteroatoms. The van der Waals surface area contributed by atoms with Gasteiger partial charge in [-0.25, -0.2) is 23.6 Å². The first kappa shape index (κ1) is 30.9. The van der Waals surface area contributed by atoms with E-state index < -0.39 is 60.7 Å². The highest BCUT2D eigenvalue weighted by Gasteiger charge is 2.51. The molecule has 0 saturated carbocycles. The second kappa shape index (κ2) is 13.5. The van der Waals surface area contributed by atoms with Crippen LogP contribution in [0.5, 0.6) is 0 Å². The number of amides is 1. The number of aromatic nitrogens is 4. The van der Waals surface area contributed by atoms with Gasteiger partial charge in [-0.15, -0.1) is 0 Å². The van der Waals surface area contributed by atoms with E-state index in [2.05, 4.69) is 15.3 Å². The predicted molar refractivity (Wildman–Crippen MR) is 163 cm³/mol. The minimum Gasteiger partial charge on any atom is -0.459 e. The maximum absolute atomic E-state index is 13.4. The summed E-state index contributed by atoms with van der Waals surface area (Å²) >= 11 is 0. The molecule has 0 unspecified atom stereocenters. The lowest BCUT2D eigenvalue weighted by atomic mass is 10.1. The fraction of sp³-hybridized carbons (Fsp3) is 0.182. The summed E-state index contributed by atoms with van der Waals surface area (Å²) in [5.74, 6) is -2.97. The summed E-state index contributed by atoms with van der Waals surface area (Å²) in [5, 5.41) is 2.38. The Morgan fingerprint density at radius 1 is 0.745 bits per heavy atom. The Bertz CT molecular complexity index is 1980. The molecule has 6 rings (SSSR count). The van der Waals surface area contributed by atoms with E-state index >= 15 is 0 Å². The van der Waals surface area contributed by atoms with E-state index in [9.17, 15) is 24.0 Å². The van der Waals surface area contributed by atoms with Crippen LogP contribution in [0.4, 0.5) is 5.95 Å². The number of ether oxygens (including phenoxy) is 4. The summed E-state index contributed by atoms with van der Waals surface area (Å²) in [5.41, 5.74) is -0.0457. The third-order valence-corrected chi connectivity index (χ3v) is 7.18. The first-order chi connectivity index (χ1) is 22.8. The van der Waals surface area contributed by atoms with Crippen LogP contribution in [0.1, 0.15) is 44.2 Å². The molecule has 1 N–H and O–H groups in total. The monoisotopic (exact) mass is 637 g/mol. The first-order valence-electron chi connectivity index (χ1n) is 14.4. The zero-order valence-electron chi connectivity index (χ0n) is 24.8. The van der Waals surface area contributed by atoms with Crippen molar-refractivity contribution >= 4 is 35.5 Å². The van der Waals surface area contributed by atoms with Crippen molar-refractivity contribution in [3.63, 3.8) is 0 Å². The highest BCUT2D eigenvalue weighted by atomic mass is 16.7. The van der Waals surface area contributed by atoms with Crippen LogP contribution in [0.25, 0.3) is 5.78 Å². The number of esters is 3. The number of imidazole rings is 1. The molecule has 4 atom stereocenters. The number of anilines is 1. The summed E-state index contributed by atoms with van der Waals surface area (Å²) in [7, 11) is 0. The van der Waals surface area contributed by atoms with E-state index in [4.69, 9.17) is 18.9 Å². The van der Waals surface area contributed by atoms with Gasteiger partial charge in [0.25, 0.3) is 0 Å². The van der Waals surface area contributed by atoms with Gasteiger partial charge in [0.15, 0.2) is 18.4 Å². The molecule has 3 heterocycles. The van der Waals surface area contributed by atoms with Gasteiger partial charge in [-0.1, -0.05) is 54.6 Å². The molecule has 5 aromatic rings. The van der Waals surface area contributed by atoms with Crippen LogP contribution in [0.15, 0.2) is 108 Å². The van der Waals surface area contributed by atoms with Gasteiger partial charge < -0.3 is 18.9 Å². The standard InChI is InChI=1S/C33H27N5O9/c1-20(39)34-31-35-32-37(17-18-38(32)33(43)36-31)27-26(47-30(42)23-15-9-4-10-16-23)25(46-29(41)22-13-7-3-8-14-22)24(45-27)19-44-28(40)21-11-5-2-6-12-21/h2-18,24-27H,19H2,1H3,(H,34,36,39,43)/t24-,25-,26-,27-/m1/s1. The van der Waals surface area contributed by atoms with E-state index in [0.717, 1.165) is 4.40 Å². The van der Waals surface area contributed by atoms with Crippen LogP contribution in [-0.4, -0.2) is 67.7 Å². The van der Waals surface area contributed by atoms with Gasteiger partial charge in [-0.2, -0.15) is 9.97 Å². The Hall–Kier alpha value is -6.15. The normalized spacial score (nSPS) is 18.7. The van der Waals surface area contributed by atoms with Gasteiger partial charge in [0, 0.05) is 19.3 Å². The van der Waals surface area contributed by atoms with Crippen molar-refractivity contribution in [3.05, 3.63) is 131 Å². The lowest BCUT2D eigenvalue weighted by Crippen LogP contribution is -2.41. The molecular formula is C33H27N5O9. The Morgan fingerprint density at radius 2 is 1.28 bits per heavy atom. The number of hydrogen-bond acceptors (Lipinski definition) is 11. The number of benzene rings is 3. The molecule has 47 heavy (non-hydrogen) atoms. The minimum atomic E-state index is -1.35. The number of carbonyl (C=O) groups is 4. The van der Waals surface area contributed by atoms with E-state index in [1.807, 2.05) is 0 Å². The number of nitrogens with one attached hydrogen (secondary N) is 1. The number of carbonyl (C=O) groups excluding carboxylic acids is 4. The molecule has 1 aliphatic heterocycles. The Morgan fingerprint density at radius 3 is 1.83 bits per heavy atom. The smallest absolute Gasteiger partial charge is 0.357 e. The zero-order chi connectivity index (χ0) is 32.9. The van der Waals surface area contributed by atoms with Crippen molar-refractivity contribution in [2.75, 3.05) is 11.9 Å². The molecule has 0 bridgehead atoms. The average Bonchev–Trinajstić information content (AvgIpc) is 3.65. The zero-order valence-corrected chi connectivity index (χ0v) is 24.8. The second-order valence-corrected chi connectivity index (χ2v) is 10.4. The predicted octanol–water partition coefficient (Wildman–Crippen LogP) is 3.05. The van der Waals surface area contributed by atoms with Crippen molar-refractivity contribution in [2.24, 2.45) is 0 Å². The molecule has 2 aromatic heterocycles. The van der Waals surface area contributed by atoms with Crippen molar-refractivity contribution in [1.29, 1.82) is 0 Å². The molecule has 0 spiro atoms.